The predicted molar refractivity (Wildman–Crippen MR) is 129 cm³/mol. The summed E-state index contributed by atoms with van der Waals surface area (Å²) in [7, 11) is 0. The van der Waals surface area contributed by atoms with E-state index in [1.165, 1.54) is 17.4 Å². The smallest absolute Gasteiger partial charge is 0.341 e. The summed E-state index contributed by atoms with van der Waals surface area (Å²) in [6.45, 7) is -0.294. The van der Waals surface area contributed by atoms with E-state index in [9.17, 15) is 18.8 Å². The Morgan fingerprint density at radius 1 is 1.09 bits per heavy atom. The Morgan fingerprint density at radius 3 is 2.60 bits per heavy atom. The van der Waals surface area contributed by atoms with Gasteiger partial charge in [0.05, 0.1) is 22.8 Å². The van der Waals surface area contributed by atoms with Crippen LogP contribution >= 0.6 is 11.3 Å². The Bertz CT molecular complexity index is 1310. The Balaban J connectivity index is 1.44. The van der Waals surface area contributed by atoms with E-state index in [1.807, 2.05) is 30.3 Å². The molecule has 4 rings (SSSR count). The van der Waals surface area contributed by atoms with E-state index in [-0.39, 0.29) is 17.0 Å². The standard InChI is InChI=1S/C26H22FN3O4S/c27-20-12-17(13-28)10-11-18(20)26(33)34-15-22(31)30-25-23(19-8-4-5-9-21(19)35-25)24(32)29-14-16-6-2-1-3-7-16/h1-3,6-7,10-12H,4-5,8-9,14-15H2,(H,29,32)(H,30,31). The van der Waals surface area contributed by atoms with Gasteiger partial charge in [-0.3, -0.25) is 9.59 Å². The molecule has 3 aromatic rings. The predicted octanol–water partition coefficient (Wildman–Crippen LogP) is 4.36. The summed E-state index contributed by atoms with van der Waals surface area (Å²) in [5, 5.41) is 14.8. The number of hydrogen-bond acceptors (Lipinski definition) is 6. The molecule has 1 aromatic heterocycles. The van der Waals surface area contributed by atoms with Crippen LogP contribution in [0, 0.1) is 17.1 Å². The summed E-state index contributed by atoms with van der Waals surface area (Å²) < 4.78 is 19.0. The number of anilines is 1. The van der Waals surface area contributed by atoms with Gasteiger partial charge in [0.2, 0.25) is 0 Å². The van der Waals surface area contributed by atoms with Crippen LogP contribution in [0.3, 0.4) is 0 Å². The third kappa shape index (κ3) is 5.73. The van der Waals surface area contributed by atoms with Crippen LogP contribution in [0.1, 0.15) is 55.1 Å². The molecule has 0 spiro atoms. The summed E-state index contributed by atoms with van der Waals surface area (Å²) in [5.41, 5.74) is 2.04. The molecule has 7 nitrogen and oxygen atoms in total. The molecule has 0 fully saturated rings. The minimum Gasteiger partial charge on any atom is -0.452 e. The molecule has 0 saturated carbocycles. The highest BCUT2D eigenvalue weighted by Crippen LogP contribution is 2.38. The SMILES string of the molecule is N#Cc1ccc(C(=O)OCC(=O)Nc2sc3c(c2C(=O)NCc2ccccc2)CCCC3)c(F)c1. The van der Waals surface area contributed by atoms with Gasteiger partial charge in [0.1, 0.15) is 10.8 Å². The van der Waals surface area contributed by atoms with Crippen LogP contribution < -0.4 is 10.6 Å². The number of fused-ring (bicyclic) bond motifs is 1. The molecule has 0 aliphatic heterocycles. The van der Waals surface area contributed by atoms with Crippen LogP contribution in [0.5, 0.6) is 0 Å². The number of halogens is 1. The largest absolute Gasteiger partial charge is 0.452 e. The van der Waals surface area contributed by atoms with Crippen molar-refractivity contribution < 1.29 is 23.5 Å². The summed E-state index contributed by atoms with van der Waals surface area (Å²) >= 11 is 1.35. The number of thiophene rings is 1. The van der Waals surface area contributed by atoms with Crippen molar-refractivity contribution in [2.75, 3.05) is 11.9 Å². The summed E-state index contributed by atoms with van der Waals surface area (Å²) in [6, 6.07) is 14.6. The van der Waals surface area contributed by atoms with Gasteiger partial charge >= 0.3 is 5.97 Å². The lowest BCUT2D eigenvalue weighted by molar-refractivity contribution is -0.119. The van der Waals surface area contributed by atoms with Gasteiger partial charge in [-0.05, 0) is 55.0 Å². The third-order valence-corrected chi connectivity index (χ3v) is 6.81. The molecule has 35 heavy (non-hydrogen) atoms. The number of rotatable bonds is 7. The Labute approximate surface area is 205 Å². The van der Waals surface area contributed by atoms with Crippen molar-refractivity contribution >= 4 is 34.1 Å². The number of nitrogens with one attached hydrogen (secondary N) is 2. The number of nitrogens with zero attached hydrogens (tertiary/aromatic N) is 1. The van der Waals surface area contributed by atoms with Crippen LogP contribution in [0.2, 0.25) is 0 Å². The summed E-state index contributed by atoms with van der Waals surface area (Å²) in [5.74, 6) is -2.84. The van der Waals surface area contributed by atoms with E-state index in [2.05, 4.69) is 10.6 Å². The van der Waals surface area contributed by atoms with E-state index < -0.39 is 24.3 Å². The number of carbonyl (C=O) groups is 3. The molecular weight excluding hydrogens is 469 g/mol. The molecule has 1 aliphatic rings. The lowest BCUT2D eigenvalue weighted by Gasteiger charge is -2.13. The minimum absolute atomic E-state index is 0.0662. The molecule has 0 radical (unpaired) electrons. The second kappa shape index (κ2) is 10.9. The number of benzene rings is 2. The third-order valence-electron chi connectivity index (χ3n) is 5.60. The molecule has 0 atom stereocenters. The average molecular weight is 492 g/mol. The molecule has 2 amide bonds. The fourth-order valence-corrected chi connectivity index (χ4v) is 5.19. The van der Waals surface area contributed by atoms with Gasteiger partial charge in [-0.25, -0.2) is 9.18 Å². The van der Waals surface area contributed by atoms with Crippen molar-refractivity contribution in [1.82, 2.24) is 5.32 Å². The van der Waals surface area contributed by atoms with E-state index in [4.69, 9.17) is 10.00 Å². The van der Waals surface area contributed by atoms with Crippen molar-refractivity contribution in [1.29, 1.82) is 5.26 Å². The zero-order chi connectivity index (χ0) is 24.8. The maximum absolute atomic E-state index is 14.0. The second-order valence-electron chi connectivity index (χ2n) is 8.01. The maximum atomic E-state index is 14.0. The van der Waals surface area contributed by atoms with E-state index in [0.29, 0.717) is 17.1 Å². The lowest BCUT2D eigenvalue weighted by Crippen LogP contribution is -2.26. The number of esters is 1. The van der Waals surface area contributed by atoms with E-state index in [0.717, 1.165) is 53.8 Å². The topological polar surface area (TPSA) is 108 Å². The highest BCUT2D eigenvalue weighted by molar-refractivity contribution is 7.17. The van der Waals surface area contributed by atoms with Gasteiger partial charge in [-0.15, -0.1) is 11.3 Å². The number of nitriles is 1. The van der Waals surface area contributed by atoms with Gasteiger partial charge < -0.3 is 15.4 Å². The van der Waals surface area contributed by atoms with Crippen LogP contribution in [0.15, 0.2) is 48.5 Å². The van der Waals surface area contributed by atoms with E-state index in [1.54, 1.807) is 6.07 Å². The fourth-order valence-electron chi connectivity index (χ4n) is 3.88. The average Bonchev–Trinajstić information content (AvgIpc) is 3.24. The molecule has 0 saturated heterocycles. The Morgan fingerprint density at radius 2 is 1.86 bits per heavy atom. The van der Waals surface area contributed by atoms with Gasteiger partial charge in [0.25, 0.3) is 11.8 Å². The van der Waals surface area contributed by atoms with Gasteiger partial charge in [-0.2, -0.15) is 5.26 Å². The van der Waals surface area contributed by atoms with Crippen molar-refractivity contribution in [3.05, 3.63) is 87.0 Å². The molecule has 0 bridgehead atoms. The van der Waals surface area contributed by atoms with Crippen LogP contribution in [0.4, 0.5) is 9.39 Å². The summed E-state index contributed by atoms with van der Waals surface area (Å²) in [4.78, 5) is 38.9. The van der Waals surface area contributed by atoms with Crippen molar-refractivity contribution in [3.63, 3.8) is 0 Å². The number of ether oxygens (including phenoxy) is 1. The second-order valence-corrected chi connectivity index (χ2v) is 9.12. The highest BCUT2D eigenvalue weighted by Gasteiger charge is 2.26. The normalized spacial score (nSPS) is 12.2. The molecule has 2 aromatic carbocycles. The van der Waals surface area contributed by atoms with Crippen LogP contribution in [-0.2, 0) is 28.9 Å². The first-order chi connectivity index (χ1) is 17.0. The van der Waals surface area contributed by atoms with Gasteiger partial charge in [0, 0.05) is 11.4 Å². The highest BCUT2D eigenvalue weighted by atomic mass is 32.1. The maximum Gasteiger partial charge on any atom is 0.341 e. The van der Waals surface area contributed by atoms with Crippen LogP contribution in [0.25, 0.3) is 0 Å². The molecule has 9 heteroatoms. The van der Waals surface area contributed by atoms with E-state index >= 15 is 0 Å². The first-order valence-corrected chi connectivity index (χ1v) is 11.9. The quantitative estimate of drug-likeness (QED) is 0.478. The lowest BCUT2D eigenvalue weighted by atomic mass is 9.95. The van der Waals surface area contributed by atoms with Gasteiger partial charge in [0.15, 0.2) is 6.61 Å². The number of carbonyl (C=O) groups excluding carboxylic acids is 3. The van der Waals surface area contributed by atoms with Crippen molar-refractivity contribution in [3.8, 4) is 6.07 Å². The molecule has 0 unspecified atom stereocenters. The number of amides is 2. The molecule has 178 valence electrons. The van der Waals surface area contributed by atoms with Crippen molar-refractivity contribution in [2.24, 2.45) is 0 Å². The zero-order valence-corrected chi connectivity index (χ0v) is 19.5. The zero-order valence-electron chi connectivity index (χ0n) is 18.7. The Kier molecular flexibility index (Phi) is 7.53. The molecular formula is C26H22FN3O4S. The van der Waals surface area contributed by atoms with Crippen LogP contribution in [-0.4, -0.2) is 24.4 Å². The first kappa shape index (κ1) is 24.1. The monoisotopic (exact) mass is 491 g/mol. The molecule has 1 aliphatic carbocycles. The Hall–Kier alpha value is -4.03. The number of hydrogen-bond donors (Lipinski definition) is 2. The molecule has 1 heterocycles. The minimum atomic E-state index is -1.02. The first-order valence-electron chi connectivity index (χ1n) is 11.1. The fraction of sp³-hybridized carbons (Fsp3) is 0.231. The molecule has 2 N–H and O–H groups in total. The number of aryl methyl sites for hydroxylation is 1. The van der Waals surface area contributed by atoms with Gasteiger partial charge in [-0.1, -0.05) is 30.3 Å². The van der Waals surface area contributed by atoms with Crippen molar-refractivity contribution in [2.45, 2.75) is 32.2 Å². The summed E-state index contributed by atoms with van der Waals surface area (Å²) in [6.07, 6.45) is 3.56.